The molecule has 0 fully saturated rings. The third kappa shape index (κ3) is 3.43. The third-order valence-corrected chi connectivity index (χ3v) is 4.04. The summed E-state index contributed by atoms with van der Waals surface area (Å²) in [6.07, 6.45) is 1.87. The number of hydrogen-bond donors (Lipinski definition) is 1. The van der Waals surface area contributed by atoms with Crippen molar-refractivity contribution in [2.45, 2.75) is 26.4 Å². The van der Waals surface area contributed by atoms with Crippen LogP contribution in [0.25, 0.3) is 10.9 Å². The van der Waals surface area contributed by atoms with Crippen LogP contribution in [0.2, 0.25) is 0 Å². The number of aromatic nitrogens is 1. The Labute approximate surface area is 141 Å². The molecule has 1 heterocycles. The summed E-state index contributed by atoms with van der Waals surface area (Å²) in [7, 11) is 0. The second-order valence-corrected chi connectivity index (χ2v) is 5.70. The van der Waals surface area contributed by atoms with Crippen LogP contribution in [-0.2, 0) is 16.1 Å². The van der Waals surface area contributed by atoms with E-state index in [1.165, 1.54) is 0 Å². The lowest BCUT2D eigenvalue weighted by Crippen LogP contribution is -2.12. The van der Waals surface area contributed by atoms with Gasteiger partial charge in [-0.15, -0.1) is 0 Å². The Kier molecular flexibility index (Phi) is 4.85. The Bertz CT molecular complexity index is 823. The fourth-order valence-corrected chi connectivity index (χ4v) is 2.70. The van der Waals surface area contributed by atoms with E-state index in [1.54, 1.807) is 0 Å². The molecule has 4 nitrogen and oxygen atoms in total. The van der Waals surface area contributed by atoms with Crippen molar-refractivity contribution in [3.05, 3.63) is 65.9 Å². The molecule has 0 aliphatic carbocycles. The van der Waals surface area contributed by atoms with Crippen LogP contribution in [-0.4, -0.2) is 17.6 Å². The number of esters is 1. The minimum Gasteiger partial charge on any atom is -0.489 e. The predicted octanol–water partition coefficient (Wildman–Crippen LogP) is 4.41. The molecule has 1 atom stereocenters. The van der Waals surface area contributed by atoms with Gasteiger partial charge in [0.2, 0.25) is 0 Å². The van der Waals surface area contributed by atoms with Gasteiger partial charge in [0, 0.05) is 17.1 Å². The van der Waals surface area contributed by atoms with E-state index in [0.29, 0.717) is 13.2 Å². The zero-order chi connectivity index (χ0) is 16.9. The summed E-state index contributed by atoms with van der Waals surface area (Å²) in [5.74, 6) is 0.250. The highest BCUT2D eigenvalue weighted by molar-refractivity contribution is 5.90. The summed E-state index contributed by atoms with van der Waals surface area (Å²) < 4.78 is 11.0. The van der Waals surface area contributed by atoms with Crippen molar-refractivity contribution in [1.29, 1.82) is 0 Å². The smallest absolute Gasteiger partial charge is 0.313 e. The molecule has 3 aromatic rings. The van der Waals surface area contributed by atoms with Crippen LogP contribution in [0.15, 0.2) is 54.7 Å². The molecule has 0 spiro atoms. The van der Waals surface area contributed by atoms with Crippen LogP contribution in [0.4, 0.5) is 0 Å². The molecule has 124 valence electrons. The maximum Gasteiger partial charge on any atom is 0.313 e. The van der Waals surface area contributed by atoms with E-state index < -0.39 is 0 Å². The van der Waals surface area contributed by atoms with E-state index in [2.05, 4.69) is 4.98 Å². The summed E-state index contributed by atoms with van der Waals surface area (Å²) >= 11 is 0. The van der Waals surface area contributed by atoms with Crippen LogP contribution in [0.5, 0.6) is 5.75 Å². The Balaban J connectivity index is 1.81. The van der Waals surface area contributed by atoms with Crippen molar-refractivity contribution in [1.82, 2.24) is 4.98 Å². The van der Waals surface area contributed by atoms with E-state index in [0.717, 1.165) is 27.8 Å². The van der Waals surface area contributed by atoms with E-state index in [1.807, 2.05) is 68.6 Å². The van der Waals surface area contributed by atoms with E-state index >= 15 is 0 Å². The first kappa shape index (κ1) is 16.1. The SMILES string of the molecule is CCOC(=O)C(C)c1c[nH]c2ccc(OCc3ccccc3)cc12. The van der Waals surface area contributed by atoms with Gasteiger partial charge in [-0.2, -0.15) is 0 Å². The first-order valence-electron chi connectivity index (χ1n) is 8.13. The highest BCUT2D eigenvalue weighted by Crippen LogP contribution is 2.29. The van der Waals surface area contributed by atoms with Gasteiger partial charge in [-0.05, 0) is 43.2 Å². The molecule has 0 bridgehead atoms. The number of aromatic amines is 1. The molecule has 0 amide bonds. The average molecular weight is 323 g/mol. The second-order valence-electron chi connectivity index (χ2n) is 5.70. The quantitative estimate of drug-likeness (QED) is 0.683. The number of H-pyrrole nitrogens is 1. The molecule has 4 heteroatoms. The molecule has 3 rings (SSSR count). The van der Waals surface area contributed by atoms with Crippen molar-refractivity contribution < 1.29 is 14.3 Å². The number of nitrogens with one attached hydrogen (secondary N) is 1. The molecular formula is C20H21NO3. The zero-order valence-corrected chi connectivity index (χ0v) is 13.9. The lowest BCUT2D eigenvalue weighted by Gasteiger charge is -2.10. The number of hydrogen-bond acceptors (Lipinski definition) is 3. The molecular weight excluding hydrogens is 302 g/mol. The van der Waals surface area contributed by atoms with Gasteiger partial charge in [0.05, 0.1) is 12.5 Å². The lowest BCUT2D eigenvalue weighted by atomic mass is 10.0. The van der Waals surface area contributed by atoms with Crippen molar-refractivity contribution in [3.8, 4) is 5.75 Å². The van der Waals surface area contributed by atoms with Gasteiger partial charge in [0.15, 0.2) is 0 Å². The minimum atomic E-state index is -0.317. The normalized spacial score (nSPS) is 12.1. The highest BCUT2D eigenvalue weighted by Gasteiger charge is 2.20. The highest BCUT2D eigenvalue weighted by atomic mass is 16.5. The Morgan fingerprint density at radius 1 is 1.17 bits per heavy atom. The topological polar surface area (TPSA) is 51.3 Å². The first-order valence-corrected chi connectivity index (χ1v) is 8.13. The van der Waals surface area contributed by atoms with Gasteiger partial charge < -0.3 is 14.5 Å². The third-order valence-electron chi connectivity index (χ3n) is 4.04. The van der Waals surface area contributed by atoms with Gasteiger partial charge in [-0.25, -0.2) is 0 Å². The van der Waals surface area contributed by atoms with Crippen LogP contribution < -0.4 is 4.74 Å². The second kappa shape index (κ2) is 7.21. The number of carbonyl (C=O) groups excluding carboxylic acids is 1. The van der Waals surface area contributed by atoms with Gasteiger partial charge in [0.25, 0.3) is 0 Å². The minimum absolute atomic E-state index is 0.214. The molecule has 0 aliphatic heterocycles. The predicted molar refractivity (Wildman–Crippen MR) is 94.1 cm³/mol. The summed E-state index contributed by atoms with van der Waals surface area (Å²) in [5, 5.41) is 0.987. The van der Waals surface area contributed by atoms with Gasteiger partial charge in [0.1, 0.15) is 12.4 Å². The summed E-state index contributed by atoms with van der Waals surface area (Å²) in [4.78, 5) is 15.2. The maximum atomic E-state index is 12.0. The van der Waals surface area contributed by atoms with E-state index in [4.69, 9.17) is 9.47 Å². The number of fused-ring (bicyclic) bond motifs is 1. The molecule has 0 saturated carbocycles. The molecule has 2 aromatic carbocycles. The Hall–Kier alpha value is -2.75. The standard InChI is InChI=1S/C20H21NO3/c1-3-23-20(22)14(2)18-12-21-19-10-9-16(11-17(18)19)24-13-15-7-5-4-6-8-15/h4-12,14,21H,3,13H2,1-2H3. The van der Waals surface area contributed by atoms with Crippen molar-refractivity contribution in [2.24, 2.45) is 0 Å². The number of benzene rings is 2. The fraction of sp³-hybridized carbons (Fsp3) is 0.250. The van der Waals surface area contributed by atoms with E-state index in [-0.39, 0.29) is 11.9 Å². The van der Waals surface area contributed by atoms with E-state index in [9.17, 15) is 4.79 Å². The molecule has 0 saturated heterocycles. The maximum absolute atomic E-state index is 12.0. The van der Waals surface area contributed by atoms with Crippen molar-refractivity contribution in [3.63, 3.8) is 0 Å². The molecule has 0 radical (unpaired) electrons. The van der Waals surface area contributed by atoms with Crippen LogP contribution in [0.1, 0.15) is 30.9 Å². The molecule has 1 N–H and O–H groups in total. The fourth-order valence-electron chi connectivity index (χ4n) is 2.70. The summed E-state index contributed by atoms with van der Waals surface area (Å²) in [6, 6.07) is 15.9. The summed E-state index contributed by atoms with van der Waals surface area (Å²) in [5.41, 5.74) is 3.02. The molecule has 1 unspecified atom stereocenters. The number of rotatable bonds is 6. The zero-order valence-electron chi connectivity index (χ0n) is 13.9. The van der Waals surface area contributed by atoms with Gasteiger partial charge >= 0.3 is 5.97 Å². The Morgan fingerprint density at radius 2 is 1.96 bits per heavy atom. The summed E-state index contributed by atoms with van der Waals surface area (Å²) in [6.45, 7) is 4.57. The molecule has 0 aliphatic rings. The van der Waals surface area contributed by atoms with Gasteiger partial charge in [-0.3, -0.25) is 4.79 Å². The average Bonchev–Trinajstić information content (AvgIpc) is 3.03. The van der Waals surface area contributed by atoms with Crippen LogP contribution in [0, 0.1) is 0 Å². The van der Waals surface area contributed by atoms with Crippen LogP contribution >= 0.6 is 0 Å². The van der Waals surface area contributed by atoms with Crippen molar-refractivity contribution in [2.75, 3.05) is 6.61 Å². The van der Waals surface area contributed by atoms with Gasteiger partial charge in [-0.1, -0.05) is 30.3 Å². The Morgan fingerprint density at radius 3 is 2.71 bits per heavy atom. The van der Waals surface area contributed by atoms with Crippen LogP contribution in [0.3, 0.4) is 0 Å². The number of carbonyl (C=O) groups is 1. The molecule has 1 aromatic heterocycles. The molecule has 24 heavy (non-hydrogen) atoms. The first-order chi connectivity index (χ1) is 11.7. The lowest BCUT2D eigenvalue weighted by molar-refractivity contribution is -0.144. The largest absolute Gasteiger partial charge is 0.489 e. The van der Waals surface area contributed by atoms with Crippen molar-refractivity contribution >= 4 is 16.9 Å². The number of ether oxygens (including phenoxy) is 2. The monoisotopic (exact) mass is 323 g/mol.